The van der Waals surface area contributed by atoms with E-state index >= 15 is 0 Å². The molecule has 0 bridgehead atoms. The first kappa shape index (κ1) is 11.9. The van der Waals surface area contributed by atoms with Crippen LogP contribution in [-0.2, 0) is 0 Å². The van der Waals surface area contributed by atoms with Crippen LogP contribution in [0.3, 0.4) is 0 Å². The Labute approximate surface area is 122 Å². The molecule has 2 heterocycles. The predicted molar refractivity (Wildman–Crippen MR) is 79.9 cm³/mol. The number of fused-ring (bicyclic) bond motifs is 1. The molecule has 100 valence electrons. The van der Waals surface area contributed by atoms with E-state index in [-0.39, 0.29) is 5.38 Å². The Morgan fingerprint density at radius 2 is 1.90 bits per heavy atom. The van der Waals surface area contributed by atoms with Crippen molar-refractivity contribution in [1.29, 1.82) is 0 Å². The molecule has 0 amide bonds. The van der Waals surface area contributed by atoms with Crippen LogP contribution in [0.5, 0.6) is 0 Å². The Bertz CT molecular complexity index is 747. The van der Waals surface area contributed by atoms with Crippen molar-refractivity contribution in [3.63, 3.8) is 0 Å². The predicted octanol–water partition coefficient (Wildman–Crippen LogP) is 4.09. The lowest BCUT2D eigenvalue weighted by Crippen LogP contribution is -2.05. The quantitative estimate of drug-likeness (QED) is 0.678. The van der Waals surface area contributed by atoms with Gasteiger partial charge in [-0.15, -0.1) is 11.6 Å². The van der Waals surface area contributed by atoms with Crippen molar-refractivity contribution in [3.8, 4) is 0 Å². The normalized spacial score (nSPS) is 16.4. The van der Waals surface area contributed by atoms with Gasteiger partial charge in [-0.05, 0) is 30.5 Å². The zero-order valence-electron chi connectivity index (χ0n) is 10.9. The molecule has 0 aliphatic heterocycles. The highest BCUT2D eigenvalue weighted by Gasteiger charge is 2.31. The summed E-state index contributed by atoms with van der Waals surface area (Å²) in [6.45, 7) is 0. The molecule has 3 aromatic rings. The minimum absolute atomic E-state index is 0.231. The zero-order valence-corrected chi connectivity index (χ0v) is 11.7. The first-order valence-corrected chi connectivity index (χ1v) is 7.30. The molecule has 2 aromatic heterocycles. The fourth-order valence-electron chi connectivity index (χ4n) is 2.59. The first-order valence-electron chi connectivity index (χ1n) is 6.86. The van der Waals surface area contributed by atoms with Crippen LogP contribution >= 0.6 is 11.6 Å². The van der Waals surface area contributed by atoms with Gasteiger partial charge in [0.15, 0.2) is 5.65 Å². The molecule has 4 rings (SSSR count). The van der Waals surface area contributed by atoms with Crippen molar-refractivity contribution in [2.75, 3.05) is 0 Å². The molecule has 0 N–H and O–H groups in total. The Morgan fingerprint density at radius 3 is 2.65 bits per heavy atom. The van der Waals surface area contributed by atoms with Crippen LogP contribution in [0.25, 0.3) is 11.2 Å². The standard InChI is InChI=1S/C16H14ClN3/c17-14(11-5-2-1-3-6-11)16-19-13-7-4-10-18-15(13)20(16)12-8-9-12/h1-7,10,12,14H,8-9H2. The second-order valence-corrected chi connectivity index (χ2v) is 5.63. The third-order valence-electron chi connectivity index (χ3n) is 3.71. The highest BCUT2D eigenvalue weighted by Crippen LogP contribution is 2.41. The number of imidazole rings is 1. The van der Waals surface area contributed by atoms with Crippen LogP contribution in [0.15, 0.2) is 48.7 Å². The van der Waals surface area contributed by atoms with Crippen LogP contribution in [0.1, 0.15) is 35.6 Å². The lowest BCUT2D eigenvalue weighted by atomic mass is 10.1. The van der Waals surface area contributed by atoms with Gasteiger partial charge in [-0.1, -0.05) is 30.3 Å². The number of halogens is 1. The van der Waals surface area contributed by atoms with Crippen LogP contribution in [0.2, 0.25) is 0 Å². The molecule has 0 radical (unpaired) electrons. The lowest BCUT2D eigenvalue weighted by molar-refractivity contribution is 0.703. The largest absolute Gasteiger partial charge is 0.308 e. The van der Waals surface area contributed by atoms with Crippen molar-refractivity contribution in [2.45, 2.75) is 24.3 Å². The number of pyridine rings is 1. The fourth-order valence-corrected chi connectivity index (χ4v) is 2.89. The number of benzene rings is 1. The van der Waals surface area contributed by atoms with E-state index < -0.39 is 0 Å². The van der Waals surface area contributed by atoms with Crippen molar-refractivity contribution in [3.05, 3.63) is 60.0 Å². The van der Waals surface area contributed by atoms with Gasteiger partial charge in [-0.2, -0.15) is 0 Å². The minimum atomic E-state index is -0.231. The molecular formula is C16H14ClN3. The number of nitrogens with zero attached hydrogens (tertiary/aromatic N) is 3. The van der Waals surface area contributed by atoms with Crippen molar-refractivity contribution in [2.24, 2.45) is 0 Å². The number of rotatable bonds is 3. The molecule has 1 aliphatic rings. The summed E-state index contributed by atoms with van der Waals surface area (Å²) in [5.74, 6) is 0.911. The van der Waals surface area contributed by atoms with E-state index in [1.54, 1.807) is 0 Å². The third-order valence-corrected chi connectivity index (χ3v) is 4.15. The summed E-state index contributed by atoms with van der Waals surface area (Å²) in [4.78, 5) is 9.20. The molecule has 1 atom stereocenters. The number of hydrogen-bond acceptors (Lipinski definition) is 2. The molecule has 1 fully saturated rings. The van der Waals surface area contributed by atoms with E-state index in [1.165, 1.54) is 12.8 Å². The monoisotopic (exact) mass is 283 g/mol. The Balaban J connectivity index is 1.89. The smallest absolute Gasteiger partial charge is 0.160 e. The summed E-state index contributed by atoms with van der Waals surface area (Å²) in [5, 5.41) is -0.231. The molecule has 1 aliphatic carbocycles. The van der Waals surface area contributed by atoms with E-state index in [9.17, 15) is 0 Å². The van der Waals surface area contributed by atoms with E-state index in [2.05, 4.69) is 9.55 Å². The lowest BCUT2D eigenvalue weighted by Gasteiger charge is -2.12. The van der Waals surface area contributed by atoms with Crippen LogP contribution in [-0.4, -0.2) is 14.5 Å². The van der Waals surface area contributed by atoms with Crippen molar-refractivity contribution in [1.82, 2.24) is 14.5 Å². The summed E-state index contributed by atoms with van der Waals surface area (Å²) >= 11 is 6.67. The van der Waals surface area contributed by atoms with Gasteiger partial charge in [0, 0.05) is 12.2 Å². The van der Waals surface area contributed by atoms with Crippen molar-refractivity contribution < 1.29 is 0 Å². The highest BCUT2D eigenvalue weighted by molar-refractivity contribution is 6.22. The van der Waals surface area contributed by atoms with Gasteiger partial charge in [0.2, 0.25) is 0 Å². The fraction of sp³-hybridized carbons (Fsp3) is 0.250. The van der Waals surface area contributed by atoms with E-state index in [0.717, 1.165) is 22.6 Å². The zero-order chi connectivity index (χ0) is 13.5. The van der Waals surface area contributed by atoms with Gasteiger partial charge in [0.05, 0.1) is 0 Å². The molecule has 0 saturated heterocycles. The van der Waals surface area contributed by atoms with E-state index in [1.807, 2.05) is 48.7 Å². The second kappa shape index (κ2) is 4.60. The molecule has 3 nitrogen and oxygen atoms in total. The van der Waals surface area contributed by atoms with Gasteiger partial charge in [0.1, 0.15) is 16.7 Å². The van der Waals surface area contributed by atoms with E-state index in [0.29, 0.717) is 6.04 Å². The minimum Gasteiger partial charge on any atom is -0.308 e. The van der Waals surface area contributed by atoms with Gasteiger partial charge in [-0.3, -0.25) is 0 Å². The van der Waals surface area contributed by atoms with E-state index in [4.69, 9.17) is 16.6 Å². The van der Waals surface area contributed by atoms with Gasteiger partial charge in [-0.25, -0.2) is 9.97 Å². The Kier molecular flexibility index (Phi) is 2.74. The molecule has 20 heavy (non-hydrogen) atoms. The summed E-state index contributed by atoms with van der Waals surface area (Å²) in [5.41, 5.74) is 2.95. The summed E-state index contributed by atoms with van der Waals surface area (Å²) in [7, 11) is 0. The average Bonchev–Trinajstić information content (AvgIpc) is 3.27. The Morgan fingerprint density at radius 1 is 1.10 bits per heavy atom. The van der Waals surface area contributed by atoms with Crippen LogP contribution < -0.4 is 0 Å². The molecule has 4 heteroatoms. The SMILES string of the molecule is ClC(c1ccccc1)c1nc2cccnc2n1C1CC1. The van der Waals surface area contributed by atoms with Crippen LogP contribution in [0.4, 0.5) is 0 Å². The summed E-state index contributed by atoms with van der Waals surface area (Å²) in [6.07, 6.45) is 4.19. The molecule has 1 unspecified atom stereocenters. The number of hydrogen-bond donors (Lipinski definition) is 0. The maximum Gasteiger partial charge on any atom is 0.160 e. The van der Waals surface area contributed by atoms with Gasteiger partial charge >= 0.3 is 0 Å². The van der Waals surface area contributed by atoms with Gasteiger partial charge in [0.25, 0.3) is 0 Å². The van der Waals surface area contributed by atoms with Crippen LogP contribution in [0, 0.1) is 0 Å². The molecule has 1 saturated carbocycles. The van der Waals surface area contributed by atoms with Gasteiger partial charge < -0.3 is 4.57 Å². The van der Waals surface area contributed by atoms with Crippen molar-refractivity contribution >= 4 is 22.8 Å². The molecule has 0 spiro atoms. The topological polar surface area (TPSA) is 30.7 Å². The molecular weight excluding hydrogens is 270 g/mol. The molecule has 1 aromatic carbocycles. The average molecular weight is 284 g/mol. The first-order chi connectivity index (χ1) is 9.84. The highest BCUT2D eigenvalue weighted by atomic mass is 35.5. The summed E-state index contributed by atoms with van der Waals surface area (Å²) < 4.78 is 2.22. The maximum absolute atomic E-state index is 6.67. The Hall–Kier alpha value is -1.87. The number of aromatic nitrogens is 3. The maximum atomic E-state index is 6.67. The number of alkyl halides is 1. The second-order valence-electron chi connectivity index (χ2n) is 5.19. The summed E-state index contributed by atoms with van der Waals surface area (Å²) in [6, 6.07) is 14.5. The third kappa shape index (κ3) is 1.90.